The first kappa shape index (κ1) is 19.0. The number of aryl methyl sites for hydroxylation is 2. The average molecular weight is 405 g/mol. The van der Waals surface area contributed by atoms with Crippen molar-refractivity contribution < 1.29 is 13.6 Å². The van der Waals surface area contributed by atoms with E-state index in [1.54, 1.807) is 12.1 Å². The molecule has 2 aromatic heterocycles. The zero-order valence-electron chi connectivity index (χ0n) is 16.0. The molecule has 6 nitrogen and oxygen atoms in total. The van der Waals surface area contributed by atoms with E-state index in [1.807, 2.05) is 56.3 Å². The number of aromatic nitrogens is 2. The molecule has 29 heavy (non-hydrogen) atoms. The minimum Gasteiger partial charge on any atom is -0.459 e. The van der Waals surface area contributed by atoms with Crippen LogP contribution >= 0.6 is 11.8 Å². The summed E-state index contributed by atoms with van der Waals surface area (Å²) in [4.78, 5) is 13.1. The molecular weight excluding hydrogens is 386 g/mol. The van der Waals surface area contributed by atoms with E-state index in [-0.39, 0.29) is 11.8 Å². The molecule has 0 saturated heterocycles. The number of hydrogen-bond donors (Lipinski definition) is 1. The van der Waals surface area contributed by atoms with Crippen LogP contribution < -0.4 is 5.32 Å². The van der Waals surface area contributed by atoms with Crippen LogP contribution in [0.5, 0.6) is 0 Å². The van der Waals surface area contributed by atoms with Gasteiger partial charge in [0.15, 0.2) is 5.76 Å². The topological polar surface area (TPSA) is 81.2 Å². The van der Waals surface area contributed by atoms with Crippen molar-refractivity contribution in [2.75, 3.05) is 5.32 Å². The Labute approximate surface area is 172 Å². The second kappa shape index (κ2) is 8.36. The maximum Gasteiger partial charge on any atom is 0.284 e. The van der Waals surface area contributed by atoms with Crippen molar-refractivity contribution in [2.24, 2.45) is 0 Å². The third-order valence-corrected chi connectivity index (χ3v) is 5.28. The van der Waals surface area contributed by atoms with E-state index < -0.39 is 5.25 Å². The standard InChI is InChI=1S/C22H19N3O3S/c1-14-11-15(2)13-17(12-14)23-20(26)19(16-7-4-3-5-8-16)29-22-25-24-21(28-22)18-9-6-10-27-18/h3-13,19H,1-2H3,(H,23,26)/t19-/m1/s1. The van der Waals surface area contributed by atoms with Crippen LogP contribution in [0.15, 0.2) is 81.0 Å². The Morgan fingerprint density at radius 2 is 1.76 bits per heavy atom. The lowest BCUT2D eigenvalue weighted by atomic mass is 10.1. The average Bonchev–Trinajstić information content (AvgIpc) is 3.37. The van der Waals surface area contributed by atoms with E-state index in [9.17, 15) is 4.79 Å². The van der Waals surface area contributed by atoms with Gasteiger partial charge in [0, 0.05) is 5.69 Å². The Hall–Kier alpha value is -3.32. The first-order chi connectivity index (χ1) is 14.1. The molecule has 0 spiro atoms. The van der Waals surface area contributed by atoms with Gasteiger partial charge in [-0.05, 0) is 66.6 Å². The zero-order valence-corrected chi connectivity index (χ0v) is 16.8. The molecule has 1 amide bonds. The smallest absolute Gasteiger partial charge is 0.284 e. The molecule has 4 aromatic rings. The third-order valence-electron chi connectivity index (χ3n) is 4.19. The molecule has 4 rings (SSSR count). The largest absolute Gasteiger partial charge is 0.459 e. The van der Waals surface area contributed by atoms with Crippen molar-refractivity contribution >= 4 is 23.4 Å². The van der Waals surface area contributed by atoms with E-state index in [0.717, 1.165) is 22.4 Å². The van der Waals surface area contributed by atoms with Gasteiger partial charge >= 0.3 is 0 Å². The van der Waals surface area contributed by atoms with Crippen LogP contribution in [-0.4, -0.2) is 16.1 Å². The summed E-state index contributed by atoms with van der Waals surface area (Å²) in [7, 11) is 0. The van der Waals surface area contributed by atoms with Gasteiger partial charge in [0.25, 0.3) is 11.1 Å². The molecule has 1 N–H and O–H groups in total. The number of carbonyl (C=O) groups is 1. The molecule has 0 aliphatic rings. The molecule has 0 saturated carbocycles. The Bertz CT molecular complexity index is 1090. The minimum atomic E-state index is -0.554. The fourth-order valence-electron chi connectivity index (χ4n) is 3.01. The fourth-order valence-corrected chi connectivity index (χ4v) is 3.89. The summed E-state index contributed by atoms with van der Waals surface area (Å²) in [5, 5.41) is 10.8. The first-order valence-corrected chi connectivity index (χ1v) is 9.94. The monoisotopic (exact) mass is 405 g/mol. The number of hydrogen-bond acceptors (Lipinski definition) is 6. The predicted octanol–water partition coefficient (Wildman–Crippen LogP) is 5.42. The second-order valence-corrected chi connectivity index (χ2v) is 7.68. The molecule has 146 valence electrons. The Kier molecular flexibility index (Phi) is 5.48. The van der Waals surface area contributed by atoms with E-state index in [4.69, 9.17) is 8.83 Å². The van der Waals surface area contributed by atoms with Gasteiger partial charge in [0.2, 0.25) is 5.91 Å². The van der Waals surface area contributed by atoms with Crippen LogP contribution in [0, 0.1) is 13.8 Å². The van der Waals surface area contributed by atoms with Gasteiger partial charge in [-0.1, -0.05) is 36.4 Å². The summed E-state index contributed by atoms with van der Waals surface area (Å²) < 4.78 is 11.0. The van der Waals surface area contributed by atoms with Gasteiger partial charge in [-0.25, -0.2) is 0 Å². The molecule has 2 aromatic carbocycles. The Morgan fingerprint density at radius 1 is 1.00 bits per heavy atom. The van der Waals surface area contributed by atoms with Crippen molar-refractivity contribution in [1.29, 1.82) is 0 Å². The van der Waals surface area contributed by atoms with Gasteiger partial charge in [-0.15, -0.1) is 10.2 Å². The number of rotatable bonds is 6. The molecule has 7 heteroatoms. The summed E-state index contributed by atoms with van der Waals surface area (Å²) in [5.41, 5.74) is 3.78. The van der Waals surface area contributed by atoms with Crippen molar-refractivity contribution in [2.45, 2.75) is 24.3 Å². The summed E-state index contributed by atoms with van der Waals surface area (Å²) >= 11 is 1.20. The maximum absolute atomic E-state index is 13.1. The third kappa shape index (κ3) is 4.57. The van der Waals surface area contributed by atoms with Crippen LogP contribution in [0.25, 0.3) is 11.7 Å². The SMILES string of the molecule is Cc1cc(C)cc(NC(=O)[C@H](Sc2nnc(-c3ccco3)o2)c2ccccc2)c1. The highest BCUT2D eigenvalue weighted by atomic mass is 32.2. The number of thioether (sulfide) groups is 1. The van der Waals surface area contributed by atoms with Gasteiger partial charge < -0.3 is 14.2 Å². The summed E-state index contributed by atoms with van der Waals surface area (Å²) in [5.74, 6) is 0.600. The lowest BCUT2D eigenvalue weighted by Gasteiger charge is -2.16. The number of anilines is 1. The Morgan fingerprint density at radius 3 is 2.45 bits per heavy atom. The molecule has 0 unspecified atom stereocenters. The normalized spacial score (nSPS) is 11.9. The molecule has 1 atom stereocenters. The number of carbonyl (C=O) groups excluding carboxylic acids is 1. The van der Waals surface area contributed by atoms with E-state index in [1.165, 1.54) is 18.0 Å². The van der Waals surface area contributed by atoms with Crippen molar-refractivity contribution in [3.63, 3.8) is 0 Å². The van der Waals surface area contributed by atoms with Gasteiger partial charge in [-0.2, -0.15) is 0 Å². The fraction of sp³-hybridized carbons (Fsp3) is 0.136. The van der Waals surface area contributed by atoms with Gasteiger partial charge in [0.1, 0.15) is 5.25 Å². The molecule has 0 fully saturated rings. The van der Waals surface area contributed by atoms with Gasteiger partial charge in [0.05, 0.1) is 6.26 Å². The molecule has 2 heterocycles. The highest BCUT2D eigenvalue weighted by Crippen LogP contribution is 2.36. The number of benzene rings is 2. The maximum atomic E-state index is 13.1. The number of nitrogens with one attached hydrogen (secondary N) is 1. The summed E-state index contributed by atoms with van der Waals surface area (Å²) in [6.45, 7) is 4.00. The Balaban J connectivity index is 1.59. The van der Waals surface area contributed by atoms with Crippen LogP contribution in [-0.2, 0) is 4.79 Å². The number of amides is 1. The quantitative estimate of drug-likeness (QED) is 0.432. The van der Waals surface area contributed by atoms with Crippen molar-refractivity contribution in [3.05, 3.63) is 83.6 Å². The first-order valence-electron chi connectivity index (χ1n) is 9.06. The number of nitrogens with zero attached hydrogens (tertiary/aromatic N) is 2. The highest BCUT2D eigenvalue weighted by molar-refractivity contribution is 8.00. The molecule has 0 radical (unpaired) electrons. The van der Waals surface area contributed by atoms with Crippen molar-refractivity contribution in [3.8, 4) is 11.7 Å². The van der Waals surface area contributed by atoms with Gasteiger partial charge in [-0.3, -0.25) is 4.79 Å². The minimum absolute atomic E-state index is 0.163. The van der Waals surface area contributed by atoms with Crippen molar-refractivity contribution in [1.82, 2.24) is 10.2 Å². The highest BCUT2D eigenvalue weighted by Gasteiger charge is 2.25. The van der Waals surface area contributed by atoms with E-state index in [2.05, 4.69) is 21.6 Å². The lowest BCUT2D eigenvalue weighted by molar-refractivity contribution is -0.115. The van der Waals surface area contributed by atoms with Crippen LogP contribution in [0.3, 0.4) is 0 Å². The van der Waals surface area contributed by atoms with Crippen LogP contribution in [0.1, 0.15) is 21.9 Å². The molecule has 0 bridgehead atoms. The second-order valence-electron chi connectivity index (χ2n) is 6.62. The van der Waals surface area contributed by atoms with E-state index in [0.29, 0.717) is 11.0 Å². The summed E-state index contributed by atoms with van der Waals surface area (Å²) in [6, 6.07) is 19.0. The lowest BCUT2D eigenvalue weighted by Crippen LogP contribution is -2.19. The zero-order chi connectivity index (χ0) is 20.2. The summed E-state index contributed by atoms with van der Waals surface area (Å²) in [6.07, 6.45) is 1.54. The molecule has 0 aliphatic heterocycles. The number of furan rings is 1. The molecular formula is C22H19N3O3S. The van der Waals surface area contributed by atoms with Crippen LogP contribution in [0.4, 0.5) is 5.69 Å². The predicted molar refractivity (Wildman–Crippen MR) is 112 cm³/mol. The van der Waals surface area contributed by atoms with E-state index >= 15 is 0 Å². The van der Waals surface area contributed by atoms with Crippen LogP contribution in [0.2, 0.25) is 0 Å². The molecule has 0 aliphatic carbocycles.